The quantitative estimate of drug-likeness (QED) is 0.480. The summed E-state index contributed by atoms with van der Waals surface area (Å²) in [4.78, 5) is 22.8. The van der Waals surface area contributed by atoms with E-state index < -0.39 is 5.41 Å². The summed E-state index contributed by atoms with van der Waals surface area (Å²) in [6.45, 7) is 10.7. The first-order valence-electron chi connectivity index (χ1n) is 8.50. The van der Waals surface area contributed by atoms with Gasteiger partial charge in [0.25, 0.3) is 0 Å². The molecule has 1 amide bonds. The molecule has 2 unspecified atom stereocenters. The van der Waals surface area contributed by atoms with Crippen LogP contribution >= 0.6 is 0 Å². The third-order valence-corrected chi connectivity index (χ3v) is 7.17. The number of nitrogens with zero attached hydrogens (tertiary/aromatic N) is 2. The summed E-state index contributed by atoms with van der Waals surface area (Å²) in [7, 11) is 0. The highest BCUT2D eigenvalue weighted by atomic mass is 16.2. The lowest BCUT2D eigenvalue weighted by atomic mass is 9.63. The van der Waals surface area contributed by atoms with Crippen LogP contribution in [0.5, 0.6) is 0 Å². The van der Waals surface area contributed by atoms with Gasteiger partial charge in [0.2, 0.25) is 5.91 Å². The van der Waals surface area contributed by atoms with Gasteiger partial charge in [-0.3, -0.25) is 10.2 Å². The summed E-state index contributed by atoms with van der Waals surface area (Å²) in [6.07, 6.45) is 1.68. The lowest BCUT2D eigenvalue weighted by Crippen LogP contribution is -2.53. The zero-order valence-corrected chi connectivity index (χ0v) is 14.9. The maximum absolute atomic E-state index is 12.9. The number of benzene rings is 1. The van der Waals surface area contributed by atoms with Crippen molar-refractivity contribution in [2.24, 2.45) is 11.3 Å². The number of hydrogen-bond acceptors (Lipinski definition) is 4. The molecule has 1 aromatic carbocycles. The number of nitrogens with one attached hydrogen (secondary N) is 1. The molecule has 2 aromatic rings. The van der Waals surface area contributed by atoms with Gasteiger partial charge in [-0.15, -0.1) is 0 Å². The molecule has 126 valence electrons. The third kappa shape index (κ3) is 1.43. The van der Waals surface area contributed by atoms with Gasteiger partial charge in [0.15, 0.2) is 0 Å². The van der Waals surface area contributed by atoms with E-state index in [2.05, 4.69) is 52.2 Å². The Balaban J connectivity index is 2.11. The normalized spacial score (nSPS) is 29.8. The highest BCUT2D eigenvalue weighted by molar-refractivity contribution is 5.92. The van der Waals surface area contributed by atoms with E-state index in [1.54, 1.807) is 0 Å². The van der Waals surface area contributed by atoms with Crippen LogP contribution in [0, 0.1) is 19.3 Å². The minimum absolute atomic E-state index is 0.146. The highest BCUT2D eigenvalue weighted by Crippen LogP contribution is 2.70. The van der Waals surface area contributed by atoms with Crippen LogP contribution in [0.25, 0.3) is 11.0 Å². The Morgan fingerprint density at radius 1 is 1.04 bits per heavy atom. The Bertz CT molecular complexity index is 904. The van der Waals surface area contributed by atoms with Crippen molar-refractivity contribution in [3.05, 3.63) is 34.6 Å². The summed E-state index contributed by atoms with van der Waals surface area (Å²) in [6, 6.07) is 4.16. The van der Waals surface area contributed by atoms with Crippen LogP contribution < -0.4 is 11.3 Å². The largest absolute Gasteiger partial charge is 0.293 e. The smallest absolute Gasteiger partial charge is 0.246 e. The average Bonchev–Trinajstić information content (AvgIpc) is 2.83. The molecule has 3 N–H and O–H groups in total. The molecule has 24 heavy (non-hydrogen) atoms. The fourth-order valence-corrected chi connectivity index (χ4v) is 4.98. The fraction of sp³-hybridized carbons (Fsp3) is 0.526. The van der Waals surface area contributed by atoms with E-state index in [1.807, 2.05) is 0 Å². The van der Waals surface area contributed by atoms with Gasteiger partial charge in [-0.2, -0.15) is 0 Å². The number of hydrogen-bond donors (Lipinski definition) is 2. The first kappa shape index (κ1) is 15.5. The van der Waals surface area contributed by atoms with Crippen molar-refractivity contribution in [1.29, 1.82) is 0 Å². The number of carbonyl (C=O) groups excluding carboxylic acids is 1. The highest BCUT2D eigenvalue weighted by Gasteiger charge is 2.73. The molecule has 1 aromatic heterocycles. The van der Waals surface area contributed by atoms with Crippen molar-refractivity contribution < 1.29 is 4.79 Å². The summed E-state index contributed by atoms with van der Waals surface area (Å²) in [5, 5.41) is 0. The maximum atomic E-state index is 12.9. The van der Waals surface area contributed by atoms with Gasteiger partial charge in [-0.05, 0) is 55.4 Å². The first-order valence-corrected chi connectivity index (χ1v) is 8.50. The van der Waals surface area contributed by atoms with Crippen LogP contribution in [-0.2, 0) is 15.6 Å². The van der Waals surface area contributed by atoms with Crippen LogP contribution in [0.1, 0.15) is 56.1 Å². The number of nitrogens with two attached hydrogens (primary N) is 1. The standard InChI is InChI=1S/C19H24N4O/c1-10-8-12-13(9-11(10)2)22-15-14(21-12)18(5)6-7-19(15,16(24)23-20)17(18,3)4/h8-9H,6-7,20H2,1-5H3,(H,23,24). The summed E-state index contributed by atoms with van der Waals surface area (Å²) >= 11 is 0. The Morgan fingerprint density at radius 2 is 1.58 bits per heavy atom. The van der Waals surface area contributed by atoms with Crippen molar-refractivity contribution >= 4 is 16.9 Å². The maximum Gasteiger partial charge on any atom is 0.246 e. The third-order valence-electron chi connectivity index (χ3n) is 7.17. The second-order valence-electron chi connectivity index (χ2n) is 8.18. The minimum Gasteiger partial charge on any atom is -0.293 e. The molecule has 5 nitrogen and oxygen atoms in total. The van der Waals surface area contributed by atoms with Crippen LogP contribution in [0.2, 0.25) is 0 Å². The van der Waals surface area contributed by atoms with Gasteiger partial charge < -0.3 is 0 Å². The molecule has 0 saturated heterocycles. The van der Waals surface area contributed by atoms with Gasteiger partial charge in [-0.25, -0.2) is 15.8 Å². The molecule has 2 aliphatic rings. The molecule has 0 aliphatic heterocycles. The summed E-state index contributed by atoms with van der Waals surface area (Å²) in [5.74, 6) is 5.42. The number of carbonyl (C=O) groups is 1. The van der Waals surface area contributed by atoms with Gasteiger partial charge in [0.05, 0.1) is 22.4 Å². The molecule has 1 heterocycles. The number of aryl methyl sites for hydroxylation is 2. The topological polar surface area (TPSA) is 80.9 Å². The summed E-state index contributed by atoms with van der Waals surface area (Å²) < 4.78 is 0. The van der Waals surface area contributed by atoms with Crippen molar-refractivity contribution in [2.75, 3.05) is 0 Å². The lowest BCUT2D eigenvalue weighted by molar-refractivity contribution is -0.130. The molecular weight excluding hydrogens is 300 g/mol. The number of rotatable bonds is 1. The number of aromatic nitrogens is 2. The molecule has 2 bridgehead atoms. The van der Waals surface area contributed by atoms with E-state index >= 15 is 0 Å². The molecule has 0 radical (unpaired) electrons. The van der Waals surface area contributed by atoms with Crippen molar-refractivity contribution in [2.45, 2.75) is 58.3 Å². The predicted octanol–water partition coefficient (Wildman–Crippen LogP) is 2.57. The monoisotopic (exact) mass is 324 g/mol. The predicted molar refractivity (Wildman–Crippen MR) is 93.4 cm³/mol. The lowest BCUT2D eigenvalue weighted by Gasteiger charge is -2.39. The molecule has 4 rings (SSSR count). The molecule has 0 spiro atoms. The Labute approximate surface area is 142 Å². The zero-order valence-electron chi connectivity index (χ0n) is 14.9. The van der Waals surface area contributed by atoms with Crippen LogP contribution in [0.15, 0.2) is 12.1 Å². The van der Waals surface area contributed by atoms with Gasteiger partial charge in [0, 0.05) is 5.41 Å². The van der Waals surface area contributed by atoms with Crippen LogP contribution in [0.4, 0.5) is 0 Å². The van der Waals surface area contributed by atoms with Crippen molar-refractivity contribution in [1.82, 2.24) is 15.4 Å². The first-order chi connectivity index (χ1) is 11.2. The zero-order chi connectivity index (χ0) is 17.5. The Hall–Kier alpha value is -2.01. The molecule has 1 saturated carbocycles. The van der Waals surface area contributed by atoms with E-state index in [1.165, 1.54) is 11.1 Å². The Morgan fingerprint density at radius 3 is 2.12 bits per heavy atom. The SMILES string of the molecule is Cc1cc2nc3c(nc2cc1C)C1(C(=O)NN)CCC3(C)C1(C)C. The van der Waals surface area contributed by atoms with Crippen molar-refractivity contribution in [3.8, 4) is 0 Å². The molecule has 2 atom stereocenters. The summed E-state index contributed by atoms with van der Waals surface area (Å²) in [5.41, 5.74) is 7.18. The van der Waals surface area contributed by atoms with E-state index in [0.717, 1.165) is 35.3 Å². The van der Waals surface area contributed by atoms with Crippen molar-refractivity contribution in [3.63, 3.8) is 0 Å². The van der Waals surface area contributed by atoms with Crippen LogP contribution in [-0.4, -0.2) is 15.9 Å². The van der Waals surface area contributed by atoms with Crippen LogP contribution in [0.3, 0.4) is 0 Å². The fourth-order valence-electron chi connectivity index (χ4n) is 4.98. The second kappa shape index (κ2) is 4.33. The number of fused-ring (bicyclic) bond motifs is 6. The van der Waals surface area contributed by atoms with Gasteiger partial charge in [-0.1, -0.05) is 20.8 Å². The van der Waals surface area contributed by atoms with Gasteiger partial charge >= 0.3 is 0 Å². The van der Waals surface area contributed by atoms with E-state index in [-0.39, 0.29) is 16.7 Å². The van der Waals surface area contributed by atoms with E-state index in [0.29, 0.717) is 0 Å². The Kier molecular flexibility index (Phi) is 2.80. The average molecular weight is 324 g/mol. The van der Waals surface area contributed by atoms with E-state index in [4.69, 9.17) is 15.8 Å². The van der Waals surface area contributed by atoms with E-state index in [9.17, 15) is 4.79 Å². The van der Waals surface area contributed by atoms with Gasteiger partial charge in [0.1, 0.15) is 5.41 Å². The molecular formula is C19H24N4O. The number of hydrazine groups is 1. The minimum atomic E-state index is -0.703. The molecule has 5 heteroatoms. The molecule has 2 aliphatic carbocycles. The molecule has 1 fully saturated rings. The second-order valence-corrected chi connectivity index (χ2v) is 8.18. The number of amides is 1.